The monoisotopic (exact) mass is 295 g/mol. The van der Waals surface area contributed by atoms with E-state index in [0.717, 1.165) is 11.6 Å². The van der Waals surface area contributed by atoms with E-state index in [1.54, 1.807) is 0 Å². The van der Waals surface area contributed by atoms with E-state index in [2.05, 4.69) is 31.3 Å². The maximum absolute atomic E-state index is 6.36. The predicted octanol–water partition coefficient (Wildman–Crippen LogP) is 4.73. The van der Waals surface area contributed by atoms with Crippen LogP contribution in [0, 0.1) is 0 Å². The average Bonchev–Trinajstić information content (AvgIpc) is 2.45. The lowest BCUT2D eigenvalue weighted by molar-refractivity contribution is -0.0312. The first-order valence-corrected chi connectivity index (χ1v) is 8.17. The molecular formula is C17H26ClNO. The molecule has 1 aromatic rings. The molecular weight excluding hydrogens is 270 g/mol. The summed E-state index contributed by atoms with van der Waals surface area (Å²) in [7, 11) is 0. The minimum absolute atomic E-state index is 0.123. The van der Waals surface area contributed by atoms with Crippen molar-refractivity contribution < 1.29 is 4.74 Å². The largest absolute Gasteiger partial charge is 0.369 e. The van der Waals surface area contributed by atoms with E-state index in [0.29, 0.717) is 12.1 Å². The van der Waals surface area contributed by atoms with Gasteiger partial charge in [0.15, 0.2) is 0 Å². The van der Waals surface area contributed by atoms with Crippen LogP contribution in [-0.4, -0.2) is 18.7 Å². The number of rotatable bonds is 6. The lowest BCUT2D eigenvalue weighted by Gasteiger charge is -2.28. The Balaban J connectivity index is 2.00. The Kier molecular flexibility index (Phi) is 6.34. The molecule has 0 amide bonds. The van der Waals surface area contributed by atoms with E-state index >= 15 is 0 Å². The van der Waals surface area contributed by atoms with Crippen LogP contribution in [0.4, 0.5) is 0 Å². The van der Waals surface area contributed by atoms with E-state index in [4.69, 9.17) is 16.3 Å². The van der Waals surface area contributed by atoms with Crippen molar-refractivity contribution in [2.45, 2.75) is 64.2 Å². The minimum atomic E-state index is 0.123. The first kappa shape index (κ1) is 15.8. The Bertz CT molecular complexity index is 384. The molecule has 0 heterocycles. The highest BCUT2D eigenvalue weighted by Crippen LogP contribution is 2.27. The molecule has 3 heteroatoms. The van der Waals surface area contributed by atoms with Crippen molar-refractivity contribution in [1.82, 2.24) is 5.32 Å². The first-order valence-electron chi connectivity index (χ1n) is 7.79. The maximum atomic E-state index is 6.36. The van der Waals surface area contributed by atoms with E-state index in [9.17, 15) is 0 Å². The van der Waals surface area contributed by atoms with Gasteiger partial charge in [0, 0.05) is 17.6 Å². The third kappa shape index (κ3) is 5.08. The standard InChI is InChI=1S/C17H26ClNO/c1-13(2)19-12-17(14-8-10-15(18)11-9-14)20-16-6-4-3-5-7-16/h8-11,13,16-17,19H,3-7,12H2,1-2H3. The summed E-state index contributed by atoms with van der Waals surface area (Å²) in [4.78, 5) is 0. The summed E-state index contributed by atoms with van der Waals surface area (Å²) in [6, 6.07) is 8.53. The molecule has 20 heavy (non-hydrogen) atoms. The van der Waals surface area contributed by atoms with E-state index in [-0.39, 0.29) is 6.10 Å². The molecule has 0 aromatic heterocycles. The van der Waals surface area contributed by atoms with Crippen molar-refractivity contribution in [1.29, 1.82) is 0 Å². The predicted molar refractivity (Wildman–Crippen MR) is 85.3 cm³/mol. The molecule has 2 rings (SSSR count). The average molecular weight is 296 g/mol. The Hall–Kier alpha value is -0.570. The van der Waals surface area contributed by atoms with E-state index in [1.807, 2.05) is 12.1 Å². The SMILES string of the molecule is CC(C)NCC(OC1CCCCC1)c1ccc(Cl)cc1. The molecule has 1 aliphatic carbocycles. The third-order valence-corrected chi connectivity index (χ3v) is 4.11. The Morgan fingerprint density at radius 2 is 1.80 bits per heavy atom. The molecule has 1 unspecified atom stereocenters. The van der Waals surface area contributed by atoms with E-state index in [1.165, 1.54) is 37.7 Å². The molecule has 1 N–H and O–H groups in total. The lowest BCUT2D eigenvalue weighted by Crippen LogP contribution is -2.31. The van der Waals surface area contributed by atoms with Crippen LogP contribution in [0.3, 0.4) is 0 Å². The Labute approximate surface area is 127 Å². The van der Waals surface area contributed by atoms with E-state index < -0.39 is 0 Å². The fraction of sp³-hybridized carbons (Fsp3) is 0.647. The Morgan fingerprint density at radius 3 is 2.40 bits per heavy atom. The molecule has 0 aliphatic heterocycles. The van der Waals surface area contributed by atoms with Gasteiger partial charge in [-0.25, -0.2) is 0 Å². The van der Waals surface area contributed by atoms with Crippen LogP contribution >= 0.6 is 11.6 Å². The smallest absolute Gasteiger partial charge is 0.0953 e. The minimum Gasteiger partial charge on any atom is -0.369 e. The number of ether oxygens (including phenoxy) is 1. The fourth-order valence-corrected chi connectivity index (χ4v) is 2.82. The first-order chi connectivity index (χ1) is 9.65. The van der Waals surface area contributed by atoms with Crippen LogP contribution in [0.15, 0.2) is 24.3 Å². The zero-order chi connectivity index (χ0) is 14.4. The molecule has 1 aromatic carbocycles. The van der Waals surface area contributed by atoms with Crippen LogP contribution in [0.25, 0.3) is 0 Å². The zero-order valence-corrected chi connectivity index (χ0v) is 13.3. The van der Waals surface area contributed by atoms with Gasteiger partial charge in [0.25, 0.3) is 0 Å². The van der Waals surface area contributed by atoms with Crippen LogP contribution in [0.5, 0.6) is 0 Å². The summed E-state index contributed by atoms with van der Waals surface area (Å²) in [6.07, 6.45) is 6.90. The van der Waals surface area contributed by atoms with Crippen molar-refractivity contribution >= 4 is 11.6 Å². The highest BCUT2D eigenvalue weighted by molar-refractivity contribution is 6.30. The van der Waals surface area contributed by atoms with Gasteiger partial charge in [-0.3, -0.25) is 0 Å². The number of benzene rings is 1. The van der Waals surface area contributed by atoms with Gasteiger partial charge in [-0.2, -0.15) is 0 Å². The quantitative estimate of drug-likeness (QED) is 0.819. The number of nitrogens with one attached hydrogen (secondary N) is 1. The number of hydrogen-bond acceptors (Lipinski definition) is 2. The van der Waals surface area contributed by atoms with Crippen molar-refractivity contribution in [3.8, 4) is 0 Å². The molecule has 2 nitrogen and oxygen atoms in total. The van der Waals surface area contributed by atoms with Crippen molar-refractivity contribution in [2.75, 3.05) is 6.54 Å². The van der Waals surface area contributed by atoms with Crippen molar-refractivity contribution in [2.24, 2.45) is 0 Å². The highest BCUT2D eigenvalue weighted by Gasteiger charge is 2.20. The van der Waals surface area contributed by atoms with Gasteiger partial charge >= 0.3 is 0 Å². The molecule has 0 bridgehead atoms. The van der Waals surface area contributed by atoms with Gasteiger partial charge in [0.05, 0.1) is 12.2 Å². The topological polar surface area (TPSA) is 21.3 Å². The molecule has 1 saturated carbocycles. The van der Waals surface area contributed by atoms with Crippen LogP contribution in [0.1, 0.15) is 57.6 Å². The van der Waals surface area contributed by atoms with Crippen molar-refractivity contribution in [3.63, 3.8) is 0 Å². The molecule has 1 fully saturated rings. The van der Waals surface area contributed by atoms with Crippen LogP contribution < -0.4 is 5.32 Å². The van der Waals surface area contributed by atoms with Gasteiger partial charge in [-0.05, 0) is 30.5 Å². The number of halogens is 1. The van der Waals surface area contributed by atoms with Gasteiger partial charge in [-0.15, -0.1) is 0 Å². The van der Waals surface area contributed by atoms with Gasteiger partial charge in [-0.1, -0.05) is 56.8 Å². The second-order valence-corrected chi connectivity index (χ2v) is 6.44. The summed E-state index contributed by atoms with van der Waals surface area (Å²) in [6.45, 7) is 5.19. The molecule has 112 valence electrons. The maximum Gasteiger partial charge on any atom is 0.0953 e. The number of hydrogen-bond donors (Lipinski definition) is 1. The molecule has 0 radical (unpaired) electrons. The highest BCUT2D eigenvalue weighted by atomic mass is 35.5. The van der Waals surface area contributed by atoms with Gasteiger partial charge in [0.1, 0.15) is 0 Å². The molecule has 0 saturated heterocycles. The second-order valence-electron chi connectivity index (χ2n) is 6.00. The third-order valence-electron chi connectivity index (χ3n) is 3.86. The summed E-state index contributed by atoms with van der Waals surface area (Å²) in [5.41, 5.74) is 1.22. The fourth-order valence-electron chi connectivity index (χ4n) is 2.70. The van der Waals surface area contributed by atoms with Gasteiger partial charge in [0.2, 0.25) is 0 Å². The lowest BCUT2D eigenvalue weighted by atomic mass is 9.97. The van der Waals surface area contributed by atoms with Crippen LogP contribution in [-0.2, 0) is 4.74 Å². The van der Waals surface area contributed by atoms with Gasteiger partial charge < -0.3 is 10.1 Å². The summed E-state index contributed by atoms with van der Waals surface area (Å²) >= 11 is 5.98. The molecule has 1 atom stereocenters. The summed E-state index contributed by atoms with van der Waals surface area (Å²) in [5, 5.41) is 4.27. The molecule has 1 aliphatic rings. The normalized spacial score (nSPS) is 18.4. The summed E-state index contributed by atoms with van der Waals surface area (Å²) < 4.78 is 6.36. The van der Waals surface area contributed by atoms with Crippen LogP contribution in [0.2, 0.25) is 5.02 Å². The second kappa shape index (κ2) is 8.02. The Morgan fingerprint density at radius 1 is 1.15 bits per heavy atom. The molecule has 0 spiro atoms. The zero-order valence-electron chi connectivity index (χ0n) is 12.6. The summed E-state index contributed by atoms with van der Waals surface area (Å²) in [5.74, 6) is 0. The van der Waals surface area contributed by atoms with Crippen molar-refractivity contribution in [3.05, 3.63) is 34.9 Å².